The smallest absolute Gasteiger partial charge is 0.112 e. The molecule has 2 atom stereocenters. The van der Waals surface area contributed by atoms with Crippen molar-refractivity contribution in [2.45, 2.75) is 26.1 Å². The van der Waals surface area contributed by atoms with Gasteiger partial charge in [-0.05, 0) is 30.5 Å². The summed E-state index contributed by atoms with van der Waals surface area (Å²) in [5.41, 5.74) is 6.37. The maximum absolute atomic E-state index is 5.60. The first-order chi connectivity index (χ1) is 9.67. The van der Waals surface area contributed by atoms with Crippen molar-refractivity contribution in [3.63, 3.8) is 0 Å². The van der Waals surface area contributed by atoms with Crippen molar-refractivity contribution < 1.29 is 9.47 Å². The van der Waals surface area contributed by atoms with Crippen LogP contribution in [0.5, 0.6) is 0 Å². The largest absolute Gasteiger partial charge is 0.382 e. The highest BCUT2D eigenvalue weighted by molar-refractivity contribution is 5.65. The lowest BCUT2D eigenvalue weighted by atomic mass is 9.99. The third-order valence-electron chi connectivity index (χ3n) is 3.71. The van der Waals surface area contributed by atoms with E-state index in [9.17, 15) is 0 Å². The number of hydrogen-bond acceptors (Lipinski definition) is 2. The highest BCUT2D eigenvalue weighted by Gasteiger charge is 2.39. The van der Waals surface area contributed by atoms with Crippen LogP contribution in [0.15, 0.2) is 42.5 Å². The van der Waals surface area contributed by atoms with E-state index in [-0.39, 0.29) is 12.2 Å². The fourth-order valence-corrected chi connectivity index (χ4v) is 2.73. The summed E-state index contributed by atoms with van der Waals surface area (Å²) in [6.45, 7) is 4.94. The van der Waals surface area contributed by atoms with Gasteiger partial charge in [-0.25, -0.2) is 0 Å². The van der Waals surface area contributed by atoms with Crippen molar-refractivity contribution >= 4 is 0 Å². The average Bonchev–Trinajstić information content (AvgIpc) is 3.18. The second-order valence-electron chi connectivity index (χ2n) is 5.55. The molecular formula is C18H20O2. The number of aryl methyl sites for hydroxylation is 2. The fraction of sp³-hybridized carbons (Fsp3) is 0.333. The molecule has 2 aromatic rings. The Kier molecular flexibility index (Phi) is 3.60. The van der Waals surface area contributed by atoms with Crippen LogP contribution < -0.4 is 0 Å². The van der Waals surface area contributed by atoms with Crippen LogP contribution in [0, 0.1) is 13.8 Å². The number of rotatable bonds is 4. The summed E-state index contributed by atoms with van der Waals surface area (Å²) in [5, 5.41) is 0. The Morgan fingerprint density at radius 2 is 1.60 bits per heavy atom. The maximum Gasteiger partial charge on any atom is 0.112 e. The molecule has 0 aliphatic carbocycles. The van der Waals surface area contributed by atoms with Gasteiger partial charge in [-0.1, -0.05) is 53.6 Å². The molecule has 1 saturated heterocycles. The van der Waals surface area contributed by atoms with Gasteiger partial charge in [-0.2, -0.15) is 0 Å². The van der Waals surface area contributed by atoms with Crippen molar-refractivity contribution in [1.29, 1.82) is 0 Å². The molecule has 0 aromatic heterocycles. The Labute approximate surface area is 120 Å². The van der Waals surface area contributed by atoms with Gasteiger partial charge in [0.1, 0.15) is 12.2 Å². The summed E-state index contributed by atoms with van der Waals surface area (Å²) in [5.74, 6) is 0. The molecule has 1 heterocycles. The molecule has 3 rings (SSSR count). The Hall–Kier alpha value is -1.64. The van der Waals surface area contributed by atoms with Gasteiger partial charge in [0.25, 0.3) is 0 Å². The molecule has 1 aliphatic heterocycles. The normalized spacial score (nSPS) is 20.9. The number of benzene rings is 2. The molecule has 104 valence electrons. The van der Waals surface area contributed by atoms with E-state index < -0.39 is 0 Å². The lowest BCUT2D eigenvalue weighted by Crippen LogP contribution is -1.98. The second-order valence-corrected chi connectivity index (χ2v) is 5.55. The molecule has 2 heteroatoms. The number of epoxide rings is 1. The highest BCUT2D eigenvalue weighted by atomic mass is 16.6. The SMILES string of the molecule is COC[C@@H]1O[C@H]1c1ccc(-c2cc(C)cc(C)c2)cc1. The molecule has 1 fully saturated rings. The molecule has 0 N–H and O–H groups in total. The minimum absolute atomic E-state index is 0.211. The van der Waals surface area contributed by atoms with Crippen LogP contribution in [-0.4, -0.2) is 19.8 Å². The zero-order valence-corrected chi connectivity index (χ0v) is 12.2. The van der Waals surface area contributed by atoms with E-state index in [1.54, 1.807) is 7.11 Å². The fourth-order valence-electron chi connectivity index (χ4n) is 2.73. The standard InChI is InChI=1S/C18H20O2/c1-12-8-13(2)10-16(9-12)14-4-6-15(7-5-14)18-17(20-18)11-19-3/h4-10,17-18H,11H2,1-3H3/t17-,18-/m0/s1. The van der Waals surface area contributed by atoms with Crippen LogP contribution in [-0.2, 0) is 9.47 Å². The maximum atomic E-state index is 5.60. The van der Waals surface area contributed by atoms with E-state index >= 15 is 0 Å². The molecule has 0 saturated carbocycles. The van der Waals surface area contributed by atoms with E-state index in [0.717, 1.165) is 0 Å². The number of methoxy groups -OCH3 is 1. The van der Waals surface area contributed by atoms with Gasteiger partial charge in [0.15, 0.2) is 0 Å². The lowest BCUT2D eigenvalue weighted by molar-refractivity contribution is 0.171. The van der Waals surface area contributed by atoms with E-state index in [1.165, 1.54) is 27.8 Å². The van der Waals surface area contributed by atoms with Gasteiger partial charge in [0.05, 0.1) is 6.61 Å². The van der Waals surface area contributed by atoms with E-state index in [0.29, 0.717) is 6.61 Å². The zero-order chi connectivity index (χ0) is 14.1. The summed E-state index contributed by atoms with van der Waals surface area (Å²) in [4.78, 5) is 0. The second kappa shape index (κ2) is 5.39. The zero-order valence-electron chi connectivity index (χ0n) is 12.2. The number of hydrogen-bond donors (Lipinski definition) is 0. The first-order valence-electron chi connectivity index (χ1n) is 7.00. The van der Waals surface area contributed by atoms with Crippen LogP contribution in [0.4, 0.5) is 0 Å². The van der Waals surface area contributed by atoms with Crippen molar-refractivity contribution in [3.8, 4) is 11.1 Å². The topological polar surface area (TPSA) is 21.8 Å². The number of ether oxygens (including phenoxy) is 2. The average molecular weight is 268 g/mol. The molecule has 0 unspecified atom stereocenters. The minimum atomic E-state index is 0.211. The summed E-state index contributed by atoms with van der Waals surface area (Å²) >= 11 is 0. The van der Waals surface area contributed by atoms with E-state index in [1.807, 2.05) is 0 Å². The third-order valence-corrected chi connectivity index (χ3v) is 3.71. The molecule has 0 spiro atoms. The molecule has 20 heavy (non-hydrogen) atoms. The Bertz CT molecular complexity index is 581. The predicted molar refractivity (Wildman–Crippen MR) is 80.8 cm³/mol. The molecule has 0 radical (unpaired) electrons. The Balaban J connectivity index is 1.79. The van der Waals surface area contributed by atoms with Gasteiger partial charge in [0.2, 0.25) is 0 Å². The quantitative estimate of drug-likeness (QED) is 0.780. The van der Waals surface area contributed by atoms with Crippen molar-refractivity contribution in [1.82, 2.24) is 0 Å². The first-order valence-corrected chi connectivity index (χ1v) is 7.00. The van der Waals surface area contributed by atoms with Gasteiger partial charge >= 0.3 is 0 Å². The van der Waals surface area contributed by atoms with Crippen molar-refractivity contribution in [2.24, 2.45) is 0 Å². The molecule has 0 amide bonds. The van der Waals surface area contributed by atoms with Crippen LogP contribution in [0.2, 0.25) is 0 Å². The lowest BCUT2D eigenvalue weighted by Gasteiger charge is -2.06. The summed E-state index contributed by atoms with van der Waals surface area (Å²) in [6, 6.07) is 15.3. The van der Waals surface area contributed by atoms with E-state index in [2.05, 4.69) is 56.3 Å². The predicted octanol–water partition coefficient (Wildman–Crippen LogP) is 4.06. The minimum Gasteiger partial charge on any atom is -0.382 e. The van der Waals surface area contributed by atoms with E-state index in [4.69, 9.17) is 9.47 Å². The van der Waals surface area contributed by atoms with Crippen molar-refractivity contribution in [3.05, 3.63) is 59.2 Å². The monoisotopic (exact) mass is 268 g/mol. The van der Waals surface area contributed by atoms with Crippen molar-refractivity contribution in [2.75, 3.05) is 13.7 Å². The van der Waals surface area contributed by atoms with Gasteiger partial charge in [0, 0.05) is 7.11 Å². The van der Waals surface area contributed by atoms with Crippen LogP contribution in [0.25, 0.3) is 11.1 Å². The third kappa shape index (κ3) is 2.77. The highest BCUT2D eigenvalue weighted by Crippen LogP contribution is 2.39. The van der Waals surface area contributed by atoms with Crippen LogP contribution in [0.1, 0.15) is 22.8 Å². The van der Waals surface area contributed by atoms with Crippen LogP contribution >= 0.6 is 0 Å². The molecular weight excluding hydrogens is 248 g/mol. The molecule has 0 bridgehead atoms. The Morgan fingerprint density at radius 1 is 0.950 bits per heavy atom. The van der Waals surface area contributed by atoms with Gasteiger partial charge in [-0.3, -0.25) is 0 Å². The summed E-state index contributed by atoms with van der Waals surface area (Å²) < 4.78 is 10.7. The van der Waals surface area contributed by atoms with Gasteiger partial charge < -0.3 is 9.47 Å². The van der Waals surface area contributed by atoms with Crippen LogP contribution in [0.3, 0.4) is 0 Å². The van der Waals surface area contributed by atoms with Gasteiger partial charge in [-0.15, -0.1) is 0 Å². The summed E-state index contributed by atoms with van der Waals surface area (Å²) in [6.07, 6.45) is 0.440. The first kappa shape index (κ1) is 13.3. The summed E-state index contributed by atoms with van der Waals surface area (Å²) in [7, 11) is 1.71. The molecule has 1 aliphatic rings. The Morgan fingerprint density at radius 3 is 2.20 bits per heavy atom. The molecule has 2 nitrogen and oxygen atoms in total. The molecule has 2 aromatic carbocycles.